The number of aryl methyl sites for hydroxylation is 1. The summed E-state index contributed by atoms with van der Waals surface area (Å²) in [6.07, 6.45) is 1.80. The average molecular weight is 246 g/mol. The third kappa shape index (κ3) is 2.13. The van der Waals surface area contributed by atoms with Gasteiger partial charge >= 0.3 is 0 Å². The quantitative estimate of drug-likeness (QED) is 0.370. The topological polar surface area (TPSA) is 85.7 Å². The molecule has 0 amide bonds. The van der Waals surface area contributed by atoms with Crippen molar-refractivity contribution in [3.63, 3.8) is 0 Å². The largest absolute Gasteiger partial charge is 0.497 e. The van der Waals surface area contributed by atoms with E-state index >= 15 is 0 Å². The number of amidine groups is 1. The van der Waals surface area contributed by atoms with Crippen molar-refractivity contribution in [1.29, 1.82) is 0 Å². The van der Waals surface area contributed by atoms with E-state index in [1.165, 1.54) is 0 Å². The smallest absolute Gasteiger partial charge is 0.172 e. The minimum atomic E-state index is 0.0285. The van der Waals surface area contributed by atoms with E-state index in [0.717, 1.165) is 5.69 Å². The first kappa shape index (κ1) is 12.0. The van der Waals surface area contributed by atoms with Crippen molar-refractivity contribution in [3.8, 4) is 11.4 Å². The van der Waals surface area contributed by atoms with Crippen molar-refractivity contribution in [3.05, 3.63) is 41.7 Å². The van der Waals surface area contributed by atoms with Gasteiger partial charge in [-0.2, -0.15) is 5.10 Å². The highest BCUT2D eigenvalue weighted by atomic mass is 16.5. The zero-order valence-electron chi connectivity index (χ0n) is 10.2. The Labute approximate surface area is 104 Å². The van der Waals surface area contributed by atoms with Crippen molar-refractivity contribution in [2.75, 3.05) is 7.11 Å². The molecule has 0 fully saturated rings. The number of rotatable bonds is 3. The fourth-order valence-corrected chi connectivity index (χ4v) is 1.65. The Morgan fingerprint density at radius 2 is 2.22 bits per heavy atom. The lowest BCUT2D eigenvalue weighted by Gasteiger charge is -2.10. The molecule has 6 nitrogen and oxygen atoms in total. The summed E-state index contributed by atoms with van der Waals surface area (Å²) in [5, 5.41) is 16.1. The molecule has 0 aliphatic heterocycles. The predicted molar refractivity (Wildman–Crippen MR) is 67.4 cm³/mol. The van der Waals surface area contributed by atoms with Gasteiger partial charge in [0.1, 0.15) is 5.75 Å². The maximum absolute atomic E-state index is 8.79. The summed E-state index contributed by atoms with van der Waals surface area (Å²) < 4.78 is 6.83. The fourth-order valence-electron chi connectivity index (χ4n) is 1.65. The van der Waals surface area contributed by atoms with Crippen LogP contribution >= 0.6 is 0 Å². The average Bonchev–Trinajstić information content (AvgIpc) is 2.83. The van der Waals surface area contributed by atoms with Crippen LogP contribution in [0.3, 0.4) is 0 Å². The van der Waals surface area contributed by atoms with Gasteiger partial charge in [0.15, 0.2) is 5.84 Å². The molecule has 0 atom stereocenters. The van der Waals surface area contributed by atoms with Crippen molar-refractivity contribution in [2.24, 2.45) is 10.9 Å². The maximum atomic E-state index is 8.79. The van der Waals surface area contributed by atoms with Crippen LogP contribution in [-0.4, -0.2) is 27.9 Å². The maximum Gasteiger partial charge on any atom is 0.172 e. The molecule has 18 heavy (non-hydrogen) atoms. The molecule has 3 N–H and O–H groups in total. The molecule has 0 bridgehead atoms. The molecule has 0 saturated carbocycles. The number of nitrogens with two attached hydrogens (primary N) is 1. The first-order chi connectivity index (χ1) is 8.65. The molecule has 0 spiro atoms. The van der Waals surface area contributed by atoms with Crippen molar-refractivity contribution >= 4 is 5.84 Å². The lowest BCUT2D eigenvalue weighted by molar-refractivity contribution is 0.318. The lowest BCUT2D eigenvalue weighted by atomic mass is 10.1. The minimum absolute atomic E-state index is 0.0285. The summed E-state index contributed by atoms with van der Waals surface area (Å²) in [7, 11) is 1.58. The van der Waals surface area contributed by atoms with Gasteiger partial charge in [0, 0.05) is 17.8 Å². The molecule has 0 radical (unpaired) electrons. The van der Waals surface area contributed by atoms with Crippen molar-refractivity contribution in [2.45, 2.75) is 6.92 Å². The first-order valence-corrected chi connectivity index (χ1v) is 5.34. The Balaban J connectivity index is 2.61. The zero-order valence-corrected chi connectivity index (χ0v) is 10.2. The van der Waals surface area contributed by atoms with Crippen LogP contribution in [0, 0.1) is 6.92 Å². The molecule has 0 saturated heterocycles. The van der Waals surface area contributed by atoms with Gasteiger partial charge < -0.3 is 15.7 Å². The first-order valence-electron chi connectivity index (χ1n) is 5.34. The molecule has 2 aromatic rings. The molecular formula is C12H14N4O2. The van der Waals surface area contributed by atoms with Gasteiger partial charge in [-0.25, -0.2) is 4.68 Å². The molecule has 6 heteroatoms. The standard InChI is InChI=1S/C12H14N4O2/c1-8-5-6-16(14-8)11-7-9(18-2)3-4-10(11)12(13)15-17/h3-7,17H,1-2H3,(H2,13,15). The highest BCUT2D eigenvalue weighted by Gasteiger charge is 2.11. The van der Waals surface area contributed by atoms with Gasteiger partial charge in [0.05, 0.1) is 18.5 Å². The number of nitrogens with zero attached hydrogens (tertiary/aromatic N) is 3. The molecule has 0 unspecified atom stereocenters. The Kier molecular flexibility index (Phi) is 3.18. The van der Waals surface area contributed by atoms with E-state index in [9.17, 15) is 0 Å². The van der Waals surface area contributed by atoms with Gasteiger partial charge in [-0.15, -0.1) is 0 Å². The van der Waals surface area contributed by atoms with E-state index in [0.29, 0.717) is 17.0 Å². The van der Waals surface area contributed by atoms with Crippen molar-refractivity contribution in [1.82, 2.24) is 9.78 Å². The van der Waals surface area contributed by atoms with Crippen LogP contribution in [0.15, 0.2) is 35.6 Å². The minimum Gasteiger partial charge on any atom is -0.497 e. The molecule has 1 aromatic carbocycles. The number of hydrogen-bond acceptors (Lipinski definition) is 4. The van der Waals surface area contributed by atoms with Crippen LogP contribution in [0.2, 0.25) is 0 Å². The van der Waals surface area contributed by atoms with E-state index in [1.54, 1.807) is 36.2 Å². The molecule has 0 aliphatic rings. The number of hydrogen-bond donors (Lipinski definition) is 2. The highest BCUT2D eigenvalue weighted by molar-refractivity contribution is 6.00. The Bertz CT molecular complexity index is 590. The third-order valence-electron chi connectivity index (χ3n) is 2.56. The van der Waals surface area contributed by atoms with E-state index in [4.69, 9.17) is 15.7 Å². The van der Waals surface area contributed by atoms with Crippen LogP contribution in [0.1, 0.15) is 11.3 Å². The number of methoxy groups -OCH3 is 1. The van der Waals surface area contributed by atoms with Crippen LogP contribution in [-0.2, 0) is 0 Å². The molecule has 1 aromatic heterocycles. The molecule has 0 aliphatic carbocycles. The van der Waals surface area contributed by atoms with E-state index in [1.807, 2.05) is 13.0 Å². The summed E-state index contributed by atoms with van der Waals surface area (Å²) >= 11 is 0. The monoisotopic (exact) mass is 246 g/mol. The second-order valence-corrected chi connectivity index (χ2v) is 3.77. The Morgan fingerprint density at radius 3 is 2.78 bits per heavy atom. The SMILES string of the molecule is COc1ccc(/C(N)=N/O)c(-n2ccc(C)n2)c1. The fraction of sp³-hybridized carbons (Fsp3) is 0.167. The zero-order chi connectivity index (χ0) is 13.1. The number of oxime groups is 1. The van der Waals surface area contributed by atoms with Gasteiger partial charge in [0.2, 0.25) is 0 Å². The van der Waals surface area contributed by atoms with Gasteiger partial charge in [-0.3, -0.25) is 0 Å². The van der Waals surface area contributed by atoms with E-state index < -0.39 is 0 Å². The number of aromatic nitrogens is 2. The molecular weight excluding hydrogens is 232 g/mol. The van der Waals surface area contributed by atoms with E-state index in [-0.39, 0.29) is 5.84 Å². The van der Waals surface area contributed by atoms with Gasteiger partial charge in [-0.05, 0) is 25.1 Å². The summed E-state index contributed by atoms with van der Waals surface area (Å²) in [4.78, 5) is 0. The lowest BCUT2D eigenvalue weighted by Crippen LogP contribution is -2.16. The van der Waals surface area contributed by atoms with Gasteiger partial charge in [0.25, 0.3) is 0 Å². The van der Waals surface area contributed by atoms with Crippen LogP contribution in [0.25, 0.3) is 5.69 Å². The second kappa shape index (κ2) is 4.79. The molecule has 94 valence electrons. The highest BCUT2D eigenvalue weighted by Crippen LogP contribution is 2.21. The van der Waals surface area contributed by atoms with Gasteiger partial charge in [-0.1, -0.05) is 5.16 Å². The summed E-state index contributed by atoms with van der Waals surface area (Å²) in [5.74, 6) is 0.702. The number of benzene rings is 1. The normalized spacial score (nSPS) is 11.6. The summed E-state index contributed by atoms with van der Waals surface area (Å²) in [5.41, 5.74) is 7.80. The Morgan fingerprint density at radius 1 is 1.44 bits per heavy atom. The second-order valence-electron chi connectivity index (χ2n) is 3.77. The number of ether oxygens (including phenoxy) is 1. The predicted octanol–water partition coefficient (Wildman–Crippen LogP) is 1.28. The third-order valence-corrected chi connectivity index (χ3v) is 2.56. The molecule has 2 rings (SSSR count). The van der Waals surface area contributed by atoms with Crippen LogP contribution < -0.4 is 10.5 Å². The van der Waals surface area contributed by atoms with Crippen LogP contribution in [0.4, 0.5) is 0 Å². The van der Waals surface area contributed by atoms with Crippen LogP contribution in [0.5, 0.6) is 5.75 Å². The Hall–Kier alpha value is -2.50. The summed E-state index contributed by atoms with van der Waals surface area (Å²) in [6, 6.07) is 7.11. The summed E-state index contributed by atoms with van der Waals surface area (Å²) in [6.45, 7) is 1.89. The molecule has 1 heterocycles. The van der Waals surface area contributed by atoms with E-state index in [2.05, 4.69) is 10.3 Å². The van der Waals surface area contributed by atoms with Crippen molar-refractivity contribution < 1.29 is 9.94 Å².